The maximum absolute atomic E-state index is 12.5. The third kappa shape index (κ3) is 4.37. The molecule has 7 nitrogen and oxygen atoms in total. The number of rotatable bonds is 6. The van der Waals surface area contributed by atoms with Crippen LogP contribution in [0.3, 0.4) is 0 Å². The van der Waals surface area contributed by atoms with Crippen LogP contribution < -0.4 is 26.8 Å². The average Bonchev–Trinajstić information content (AvgIpc) is 3.16. The maximum Gasteiger partial charge on any atom is 0.238 e. The van der Waals surface area contributed by atoms with E-state index in [1.165, 1.54) is 24.0 Å². The van der Waals surface area contributed by atoms with Crippen LogP contribution in [0.1, 0.15) is 49.3 Å². The Morgan fingerprint density at radius 2 is 1.93 bits per heavy atom. The fourth-order valence-corrected chi connectivity index (χ4v) is 4.79. The van der Waals surface area contributed by atoms with E-state index < -0.39 is 0 Å². The summed E-state index contributed by atoms with van der Waals surface area (Å²) in [5.41, 5.74) is 9.02. The first kappa shape index (κ1) is 19.4. The van der Waals surface area contributed by atoms with Crippen LogP contribution in [0.5, 0.6) is 0 Å². The number of fused-ring (bicyclic) bond motifs is 2. The lowest BCUT2D eigenvalue weighted by Crippen LogP contribution is -2.46. The largest absolute Gasteiger partial charge is 0.354 e. The summed E-state index contributed by atoms with van der Waals surface area (Å²) < 4.78 is 0. The summed E-state index contributed by atoms with van der Waals surface area (Å²) in [5.74, 6) is 0.329. The molecule has 2 aliphatic heterocycles. The third-order valence-corrected chi connectivity index (χ3v) is 6.32. The molecule has 0 bridgehead atoms. The Hall–Kier alpha value is -1.96. The van der Waals surface area contributed by atoms with E-state index in [0.29, 0.717) is 31.5 Å². The van der Waals surface area contributed by atoms with Gasteiger partial charge >= 0.3 is 0 Å². The van der Waals surface area contributed by atoms with Crippen molar-refractivity contribution in [2.45, 2.75) is 56.7 Å². The van der Waals surface area contributed by atoms with Crippen LogP contribution in [0.15, 0.2) is 24.3 Å². The summed E-state index contributed by atoms with van der Waals surface area (Å²) in [6.45, 7) is 1.87. The van der Waals surface area contributed by atoms with Crippen molar-refractivity contribution in [3.8, 4) is 0 Å². The Labute approximate surface area is 166 Å². The normalized spacial score (nSPS) is 28.9. The molecule has 1 aromatic carbocycles. The number of nitrogens with one attached hydrogen (secondary N) is 5. The van der Waals surface area contributed by atoms with Crippen molar-refractivity contribution in [2.24, 2.45) is 5.92 Å². The summed E-state index contributed by atoms with van der Waals surface area (Å²) >= 11 is 0. The first-order chi connectivity index (χ1) is 13.7. The standard InChI is InChI=1S/C21H31N5O2/c27-19(24-13-18-15-6-2-1-5-14(15)9-11-22-18)10-12-23-21(28)20-16-7-3-4-8-17(16)25-26-20/h1-2,5-6,16-18,20,22,25-26H,3-4,7-13H2,(H,23,28)(H,24,27). The Balaban J connectivity index is 1.18. The number of hydrogen-bond acceptors (Lipinski definition) is 5. The molecule has 5 N–H and O–H groups in total. The van der Waals surface area contributed by atoms with Crippen molar-refractivity contribution >= 4 is 11.8 Å². The van der Waals surface area contributed by atoms with Gasteiger partial charge in [-0.1, -0.05) is 37.1 Å². The first-order valence-corrected chi connectivity index (χ1v) is 10.6. The molecule has 1 saturated carbocycles. The molecule has 0 radical (unpaired) electrons. The van der Waals surface area contributed by atoms with Gasteiger partial charge in [0.2, 0.25) is 11.8 Å². The number of carbonyl (C=O) groups excluding carboxylic acids is 2. The van der Waals surface area contributed by atoms with Crippen molar-refractivity contribution < 1.29 is 9.59 Å². The first-order valence-electron chi connectivity index (χ1n) is 10.6. The van der Waals surface area contributed by atoms with Gasteiger partial charge in [-0.15, -0.1) is 0 Å². The second-order valence-corrected chi connectivity index (χ2v) is 8.12. The predicted octanol–water partition coefficient (Wildman–Crippen LogP) is 0.531. The summed E-state index contributed by atoms with van der Waals surface area (Å²) in [5, 5.41) is 9.39. The summed E-state index contributed by atoms with van der Waals surface area (Å²) in [6.07, 6.45) is 5.95. The summed E-state index contributed by atoms with van der Waals surface area (Å²) in [6, 6.07) is 8.75. The fraction of sp³-hybridized carbons (Fsp3) is 0.619. The molecule has 2 heterocycles. The Kier molecular flexibility index (Phi) is 6.24. The lowest BCUT2D eigenvalue weighted by molar-refractivity contribution is -0.124. The molecule has 1 saturated heterocycles. The van der Waals surface area contributed by atoms with E-state index in [1.807, 2.05) is 6.07 Å². The highest BCUT2D eigenvalue weighted by molar-refractivity contribution is 5.83. The highest BCUT2D eigenvalue weighted by Crippen LogP contribution is 2.30. The van der Waals surface area contributed by atoms with E-state index in [0.717, 1.165) is 25.8 Å². The quantitative estimate of drug-likeness (QED) is 0.493. The zero-order valence-corrected chi connectivity index (χ0v) is 16.3. The van der Waals surface area contributed by atoms with Gasteiger partial charge < -0.3 is 16.0 Å². The smallest absolute Gasteiger partial charge is 0.238 e. The van der Waals surface area contributed by atoms with Crippen LogP contribution in [0, 0.1) is 5.92 Å². The predicted molar refractivity (Wildman–Crippen MR) is 107 cm³/mol. The lowest BCUT2D eigenvalue weighted by atomic mass is 9.81. The third-order valence-electron chi connectivity index (χ3n) is 6.32. The number of hydrogen-bond donors (Lipinski definition) is 5. The monoisotopic (exact) mass is 385 g/mol. The zero-order valence-electron chi connectivity index (χ0n) is 16.3. The van der Waals surface area contributed by atoms with Crippen LogP contribution >= 0.6 is 0 Å². The molecule has 2 amide bonds. The van der Waals surface area contributed by atoms with Gasteiger partial charge in [-0.3, -0.25) is 15.0 Å². The van der Waals surface area contributed by atoms with Gasteiger partial charge in [-0.05, 0) is 36.9 Å². The molecule has 152 valence electrons. The zero-order chi connectivity index (χ0) is 19.3. The molecule has 2 fully saturated rings. The minimum atomic E-state index is -0.184. The molecule has 4 atom stereocenters. The van der Waals surface area contributed by atoms with Gasteiger partial charge in [-0.2, -0.15) is 0 Å². The lowest BCUT2D eigenvalue weighted by Gasteiger charge is -2.27. The molecule has 0 spiro atoms. The Morgan fingerprint density at radius 3 is 2.86 bits per heavy atom. The summed E-state index contributed by atoms with van der Waals surface area (Å²) in [7, 11) is 0. The van der Waals surface area contributed by atoms with Gasteiger partial charge in [0.25, 0.3) is 0 Å². The van der Waals surface area contributed by atoms with Crippen molar-refractivity contribution in [3.05, 3.63) is 35.4 Å². The Bertz CT molecular complexity index is 710. The van der Waals surface area contributed by atoms with Crippen LogP contribution in [0.25, 0.3) is 0 Å². The minimum absolute atomic E-state index is 0.00225. The van der Waals surface area contributed by atoms with E-state index in [1.54, 1.807) is 0 Å². The van der Waals surface area contributed by atoms with E-state index in [9.17, 15) is 9.59 Å². The highest BCUT2D eigenvalue weighted by atomic mass is 16.2. The van der Waals surface area contributed by atoms with Gasteiger partial charge in [-0.25, -0.2) is 5.43 Å². The molecule has 4 unspecified atom stereocenters. The minimum Gasteiger partial charge on any atom is -0.354 e. The van der Waals surface area contributed by atoms with E-state index >= 15 is 0 Å². The second kappa shape index (κ2) is 9.03. The van der Waals surface area contributed by atoms with Crippen molar-refractivity contribution in [2.75, 3.05) is 19.6 Å². The fourth-order valence-electron chi connectivity index (χ4n) is 4.79. The number of amides is 2. The average molecular weight is 386 g/mol. The van der Waals surface area contributed by atoms with Crippen molar-refractivity contribution in [3.63, 3.8) is 0 Å². The number of hydrazine groups is 1. The topological polar surface area (TPSA) is 94.3 Å². The van der Waals surface area contributed by atoms with E-state index in [-0.39, 0.29) is 23.9 Å². The van der Waals surface area contributed by atoms with Gasteiger partial charge in [0.05, 0.1) is 0 Å². The second-order valence-electron chi connectivity index (χ2n) is 8.12. The van der Waals surface area contributed by atoms with Crippen molar-refractivity contribution in [1.29, 1.82) is 0 Å². The van der Waals surface area contributed by atoms with Crippen LogP contribution in [-0.2, 0) is 16.0 Å². The van der Waals surface area contributed by atoms with E-state index in [4.69, 9.17) is 0 Å². The number of carbonyl (C=O) groups is 2. The molecule has 7 heteroatoms. The Morgan fingerprint density at radius 1 is 1.07 bits per heavy atom. The molecule has 1 aromatic rings. The molecule has 1 aliphatic carbocycles. The van der Waals surface area contributed by atoms with Crippen molar-refractivity contribution in [1.82, 2.24) is 26.8 Å². The van der Waals surface area contributed by atoms with Crippen LogP contribution in [0.4, 0.5) is 0 Å². The number of benzene rings is 1. The highest BCUT2D eigenvalue weighted by Gasteiger charge is 2.40. The molecular formula is C21H31N5O2. The van der Waals surface area contributed by atoms with Crippen LogP contribution in [0.2, 0.25) is 0 Å². The van der Waals surface area contributed by atoms with Gasteiger partial charge in [0.15, 0.2) is 0 Å². The van der Waals surface area contributed by atoms with Crippen LogP contribution in [-0.4, -0.2) is 43.5 Å². The SMILES string of the molecule is O=C(CCNC(=O)C1NNC2CCCCC21)NCC1NCCc2ccccc21. The van der Waals surface area contributed by atoms with E-state index in [2.05, 4.69) is 45.0 Å². The molecule has 28 heavy (non-hydrogen) atoms. The van der Waals surface area contributed by atoms with Gasteiger partial charge in [0.1, 0.15) is 6.04 Å². The molecule has 0 aromatic heterocycles. The maximum atomic E-state index is 12.5. The molecule has 4 rings (SSSR count). The molecule has 3 aliphatic rings. The van der Waals surface area contributed by atoms with Gasteiger partial charge in [0, 0.05) is 37.5 Å². The summed E-state index contributed by atoms with van der Waals surface area (Å²) in [4.78, 5) is 24.7. The molecular weight excluding hydrogens is 354 g/mol.